The van der Waals surface area contributed by atoms with Crippen LogP contribution in [0.1, 0.15) is 12.8 Å². The Morgan fingerprint density at radius 2 is 1.81 bits per heavy atom. The number of benzene rings is 2. The first-order chi connectivity index (χ1) is 13.2. The van der Waals surface area contributed by atoms with Crippen LogP contribution in [0, 0.1) is 5.92 Å². The topological polar surface area (TPSA) is 67.9 Å². The van der Waals surface area contributed by atoms with Gasteiger partial charge in [-0.3, -0.25) is 9.59 Å². The third-order valence-electron chi connectivity index (χ3n) is 4.46. The van der Waals surface area contributed by atoms with E-state index >= 15 is 0 Å². The highest BCUT2D eigenvalue weighted by Gasteiger charge is 2.33. The van der Waals surface area contributed by atoms with Crippen LogP contribution in [0.5, 0.6) is 11.5 Å². The maximum absolute atomic E-state index is 12.5. The number of ether oxygens (including phenoxy) is 2. The van der Waals surface area contributed by atoms with Crippen LogP contribution in [0.2, 0.25) is 0 Å². The minimum absolute atomic E-state index is 0.0258. The standard InChI is InChI=1S/C21H24N2O4/c1-26-13-5-12-23-15-16(14-20(23)24)21(25)22-17-8-10-19(11-9-17)27-18-6-3-2-4-7-18/h2-4,6-11,16H,5,12-15H2,1H3,(H,22,25). The third-order valence-corrected chi connectivity index (χ3v) is 4.46. The van der Waals surface area contributed by atoms with Crippen molar-refractivity contribution >= 4 is 17.5 Å². The number of hydrogen-bond acceptors (Lipinski definition) is 4. The Labute approximate surface area is 159 Å². The number of nitrogens with one attached hydrogen (secondary N) is 1. The Hall–Kier alpha value is -2.86. The van der Waals surface area contributed by atoms with Gasteiger partial charge in [-0.25, -0.2) is 0 Å². The molecule has 0 radical (unpaired) electrons. The summed E-state index contributed by atoms with van der Waals surface area (Å²) in [5, 5.41) is 2.89. The quantitative estimate of drug-likeness (QED) is 0.726. The summed E-state index contributed by atoms with van der Waals surface area (Å²) in [6.45, 7) is 1.70. The molecule has 1 fully saturated rings. The molecule has 6 heteroatoms. The lowest BCUT2D eigenvalue weighted by Gasteiger charge is -2.16. The zero-order valence-corrected chi connectivity index (χ0v) is 15.4. The highest BCUT2D eigenvalue weighted by Crippen LogP contribution is 2.24. The molecular weight excluding hydrogens is 344 g/mol. The summed E-state index contributed by atoms with van der Waals surface area (Å²) >= 11 is 0. The van der Waals surface area contributed by atoms with Gasteiger partial charge >= 0.3 is 0 Å². The number of nitrogens with zero attached hydrogens (tertiary/aromatic N) is 1. The summed E-state index contributed by atoms with van der Waals surface area (Å²) in [5.41, 5.74) is 0.686. The number of anilines is 1. The molecule has 1 saturated heterocycles. The van der Waals surface area contributed by atoms with Gasteiger partial charge in [0.1, 0.15) is 11.5 Å². The first-order valence-corrected chi connectivity index (χ1v) is 9.06. The van der Waals surface area contributed by atoms with Crippen LogP contribution in [-0.4, -0.2) is 43.5 Å². The Bertz CT molecular complexity index is 762. The van der Waals surface area contributed by atoms with Gasteiger partial charge in [0, 0.05) is 38.9 Å². The summed E-state index contributed by atoms with van der Waals surface area (Å²) in [7, 11) is 1.64. The Morgan fingerprint density at radius 3 is 2.52 bits per heavy atom. The van der Waals surface area contributed by atoms with Crippen LogP contribution in [0.15, 0.2) is 54.6 Å². The molecule has 2 amide bonds. The molecule has 1 N–H and O–H groups in total. The Balaban J connectivity index is 1.51. The van der Waals surface area contributed by atoms with Gasteiger partial charge in [-0.2, -0.15) is 0 Å². The maximum Gasteiger partial charge on any atom is 0.229 e. The van der Waals surface area contributed by atoms with Gasteiger partial charge in [-0.1, -0.05) is 18.2 Å². The second kappa shape index (κ2) is 9.19. The minimum Gasteiger partial charge on any atom is -0.457 e. The number of rotatable bonds is 8. The molecule has 1 unspecified atom stereocenters. The van der Waals surface area contributed by atoms with E-state index in [9.17, 15) is 9.59 Å². The van der Waals surface area contributed by atoms with Crippen LogP contribution in [-0.2, 0) is 14.3 Å². The van der Waals surface area contributed by atoms with Crippen LogP contribution in [0.25, 0.3) is 0 Å². The normalized spacial score (nSPS) is 16.4. The van der Waals surface area contributed by atoms with Crippen molar-refractivity contribution < 1.29 is 19.1 Å². The van der Waals surface area contributed by atoms with Crippen molar-refractivity contribution in [1.29, 1.82) is 0 Å². The molecule has 2 aromatic carbocycles. The molecule has 2 aromatic rings. The van der Waals surface area contributed by atoms with Gasteiger partial charge < -0.3 is 19.7 Å². The Morgan fingerprint density at radius 1 is 1.11 bits per heavy atom. The molecule has 1 aliphatic rings. The Kier molecular flexibility index (Phi) is 6.44. The number of likely N-dealkylation sites (tertiary alicyclic amines) is 1. The summed E-state index contributed by atoms with van der Waals surface area (Å²) in [6.07, 6.45) is 1.04. The van der Waals surface area contributed by atoms with Crippen LogP contribution in [0.3, 0.4) is 0 Å². The summed E-state index contributed by atoms with van der Waals surface area (Å²) < 4.78 is 10.7. The SMILES string of the molecule is COCCCN1CC(C(=O)Nc2ccc(Oc3ccccc3)cc2)CC1=O. The summed E-state index contributed by atoms with van der Waals surface area (Å²) in [5.74, 6) is 1.03. The van der Waals surface area contributed by atoms with Crippen LogP contribution < -0.4 is 10.1 Å². The van der Waals surface area contributed by atoms with E-state index in [-0.39, 0.29) is 24.2 Å². The van der Waals surface area contributed by atoms with Crippen molar-refractivity contribution in [1.82, 2.24) is 4.90 Å². The van der Waals surface area contributed by atoms with E-state index in [1.807, 2.05) is 30.3 Å². The van der Waals surface area contributed by atoms with E-state index in [4.69, 9.17) is 9.47 Å². The summed E-state index contributed by atoms with van der Waals surface area (Å²) in [4.78, 5) is 26.2. The van der Waals surface area contributed by atoms with Crippen molar-refractivity contribution in [3.05, 3.63) is 54.6 Å². The zero-order valence-electron chi connectivity index (χ0n) is 15.4. The average Bonchev–Trinajstić information content (AvgIpc) is 3.05. The van der Waals surface area contributed by atoms with E-state index in [0.717, 1.165) is 12.2 Å². The third kappa shape index (κ3) is 5.31. The molecular formula is C21H24N2O4. The number of hydrogen-bond donors (Lipinski definition) is 1. The number of amides is 2. The molecule has 0 spiro atoms. The van der Waals surface area contributed by atoms with Gasteiger partial charge in [0.2, 0.25) is 11.8 Å². The van der Waals surface area contributed by atoms with Crippen molar-refractivity contribution in [2.24, 2.45) is 5.92 Å². The van der Waals surface area contributed by atoms with Gasteiger partial charge in [0.05, 0.1) is 5.92 Å². The lowest BCUT2D eigenvalue weighted by atomic mass is 10.1. The zero-order chi connectivity index (χ0) is 19.1. The second-order valence-corrected chi connectivity index (χ2v) is 6.52. The van der Waals surface area contributed by atoms with Crippen molar-refractivity contribution in [2.45, 2.75) is 12.8 Å². The fourth-order valence-corrected chi connectivity index (χ4v) is 3.04. The van der Waals surface area contributed by atoms with Crippen molar-refractivity contribution in [2.75, 3.05) is 32.1 Å². The maximum atomic E-state index is 12.5. The molecule has 0 bridgehead atoms. The summed E-state index contributed by atoms with van der Waals surface area (Å²) in [6, 6.07) is 16.7. The highest BCUT2D eigenvalue weighted by molar-refractivity contribution is 5.97. The lowest BCUT2D eigenvalue weighted by molar-refractivity contribution is -0.128. The molecule has 142 valence electrons. The van der Waals surface area contributed by atoms with Gasteiger partial charge in [0.25, 0.3) is 0 Å². The number of para-hydroxylation sites is 1. The predicted molar refractivity (Wildman–Crippen MR) is 103 cm³/mol. The van der Waals surface area contributed by atoms with E-state index in [2.05, 4.69) is 5.32 Å². The smallest absolute Gasteiger partial charge is 0.229 e. The number of carbonyl (C=O) groups excluding carboxylic acids is 2. The number of carbonyl (C=O) groups is 2. The van der Waals surface area contributed by atoms with E-state index in [1.165, 1.54) is 0 Å². The van der Waals surface area contributed by atoms with Gasteiger partial charge in [-0.05, 0) is 42.8 Å². The van der Waals surface area contributed by atoms with Gasteiger partial charge in [0.15, 0.2) is 0 Å². The first kappa shape index (κ1) is 18.9. The van der Waals surface area contributed by atoms with Gasteiger partial charge in [-0.15, -0.1) is 0 Å². The first-order valence-electron chi connectivity index (χ1n) is 9.06. The molecule has 1 aliphatic heterocycles. The van der Waals surface area contributed by atoms with Crippen molar-refractivity contribution in [3.63, 3.8) is 0 Å². The average molecular weight is 368 g/mol. The minimum atomic E-state index is -0.319. The highest BCUT2D eigenvalue weighted by atomic mass is 16.5. The van der Waals surface area contributed by atoms with E-state index in [1.54, 1.807) is 36.3 Å². The molecule has 0 aliphatic carbocycles. The molecule has 1 heterocycles. The largest absolute Gasteiger partial charge is 0.457 e. The molecule has 1 atom stereocenters. The van der Waals surface area contributed by atoms with Crippen LogP contribution >= 0.6 is 0 Å². The van der Waals surface area contributed by atoms with Crippen molar-refractivity contribution in [3.8, 4) is 11.5 Å². The molecule has 0 saturated carbocycles. The monoisotopic (exact) mass is 368 g/mol. The fourth-order valence-electron chi connectivity index (χ4n) is 3.04. The lowest BCUT2D eigenvalue weighted by Crippen LogP contribution is -2.29. The number of methoxy groups -OCH3 is 1. The van der Waals surface area contributed by atoms with E-state index in [0.29, 0.717) is 31.1 Å². The molecule has 0 aromatic heterocycles. The second-order valence-electron chi connectivity index (χ2n) is 6.52. The van der Waals surface area contributed by atoms with E-state index < -0.39 is 0 Å². The molecule has 27 heavy (non-hydrogen) atoms. The molecule has 3 rings (SSSR count). The fraction of sp³-hybridized carbons (Fsp3) is 0.333. The predicted octanol–water partition coefficient (Wildman–Crippen LogP) is 3.30. The molecule has 6 nitrogen and oxygen atoms in total. The van der Waals surface area contributed by atoms with Crippen LogP contribution in [0.4, 0.5) is 5.69 Å².